The first kappa shape index (κ1) is 18.5. The molecule has 0 spiro atoms. The molecule has 0 aliphatic carbocycles. The molecule has 4 rings (SSSR count). The largest absolute Gasteiger partial charge is 0.489 e. The smallest absolute Gasteiger partial charge is 0.255 e. The van der Waals surface area contributed by atoms with Gasteiger partial charge in [-0.2, -0.15) is 0 Å². The van der Waals surface area contributed by atoms with Gasteiger partial charge in [0.2, 0.25) is 0 Å². The first-order valence-electron chi connectivity index (χ1n) is 9.28. The maximum absolute atomic E-state index is 12.3. The van der Waals surface area contributed by atoms with Crippen molar-refractivity contribution in [1.82, 2.24) is 10.3 Å². The fraction of sp³-hybridized carbons (Fsp3) is 0.217. The zero-order valence-corrected chi connectivity index (χ0v) is 16.6. The summed E-state index contributed by atoms with van der Waals surface area (Å²) >= 11 is 6.53. The van der Waals surface area contributed by atoms with Gasteiger partial charge in [-0.15, -0.1) is 0 Å². The number of aryl methyl sites for hydroxylation is 1. The van der Waals surface area contributed by atoms with E-state index < -0.39 is 0 Å². The fourth-order valence-corrected chi connectivity index (χ4v) is 3.64. The van der Waals surface area contributed by atoms with E-state index in [1.54, 1.807) is 0 Å². The number of rotatable bonds is 3. The molecule has 1 amide bonds. The number of benzene rings is 2. The van der Waals surface area contributed by atoms with Gasteiger partial charge in [-0.3, -0.25) is 9.78 Å². The van der Waals surface area contributed by atoms with E-state index in [1.807, 2.05) is 32.2 Å². The summed E-state index contributed by atoms with van der Waals surface area (Å²) in [4.78, 5) is 16.7. The third kappa shape index (κ3) is 3.60. The number of pyridine rings is 1. The lowest BCUT2D eigenvalue weighted by Gasteiger charge is -2.15. The SMILES string of the molecule is Cc1ccc(-c2ccc(Cc3cc4c(c(Cl)c3C)OCCNC4=O)cc2)cn1. The molecule has 0 radical (unpaired) electrons. The number of nitrogens with one attached hydrogen (secondary N) is 1. The van der Waals surface area contributed by atoms with Crippen LogP contribution < -0.4 is 10.1 Å². The van der Waals surface area contributed by atoms with Crippen molar-refractivity contribution < 1.29 is 9.53 Å². The number of fused-ring (bicyclic) bond motifs is 1. The minimum Gasteiger partial charge on any atom is -0.489 e. The van der Waals surface area contributed by atoms with E-state index in [9.17, 15) is 4.79 Å². The Bertz CT molecular complexity index is 1030. The number of aromatic nitrogens is 1. The van der Waals surface area contributed by atoms with Gasteiger partial charge < -0.3 is 10.1 Å². The third-order valence-corrected chi connectivity index (χ3v) is 5.50. The van der Waals surface area contributed by atoms with Crippen LogP contribution in [0.5, 0.6) is 5.75 Å². The van der Waals surface area contributed by atoms with Crippen LogP contribution in [-0.2, 0) is 6.42 Å². The Kier molecular flexibility index (Phi) is 5.05. The highest BCUT2D eigenvalue weighted by Gasteiger charge is 2.22. The van der Waals surface area contributed by atoms with Gasteiger partial charge in [0.05, 0.1) is 17.1 Å². The lowest BCUT2D eigenvalue weighted by atomic mass is 9.96. The van der Waals surface area contributed by atoms with Crippen molar-refractivity contribution in [2.45, 2.75) is 20.3 Å². The summed E-state index contributed by atoms with van der Waals surface area (Å²) in [6.07, 6.45) is 2.58. The van der Waals surface area contributed by atoms with Gasteiger partial charge in [0.1, 0.15) is 6.61 Å². The second-order valence-electron chi connectivity index (χ2n) is 7.02. The van der Waals surface area contributed by atoms with Crippen molar-refractivity contribution in [3.05, 3.63) is 81.6 Å². The van der Waals surface area contributed by atoms with Gasteiger partial charge in [-0.25, -0.2) is 0 Å². The van der Waals surface area contributed by atoms with Crippen LogP contribution in [-0.4, -0.2) is 24.0 Å². The molecular formula is C23H21ClN2O2. The standard InChI is InChI=1S/C23H21ClN2O2/c1-14-3-6-18(13-26-14)17-7-4-16(5-8-17)11-19-12-20-22(21(24)15(19)2)28-10-9-25-23(20)27/h3-8,12-13H,9-11H2,1-2H3,(H,25,27). The molecule has 0 fully saturated rings. The Labute approximate surface area is 169 Å². The van der Waals surface area contributed by atoms with Crippen LogP contribution in [0.3, 0.4) is 0 Å². The van der Waals surface area contributed by atoms with E-state index in [1.165, 1.54) is 0 Å². The second-order valence-corrected chi connectivity index (χ2v) is 7.40. The zero-order valence-electron chi connectivity index (χ0n) is 15.9. The summed E-state index contributed by atoms with van der Waals surface area (Å²) in [6, 6.07) is 14.4. The molecule has 1 aliphatic heterocycles. The summed E-state index contributed by atoms with van der Waals surface area (Å²) in [5.74, 6) is 0.345. The lowest BCUT2D eigenvalue weighted by Crippen LogP contribution is -2.24. The number of hydrogen-bond donors (Lipinski definition) is 1. The number of hydrogen-bond acceptors (Lipinski definition) is 3. The van der Waals surface area contributed by atoms with Crippen LogP contribution in [0.1, 0.15) is 32.7 Å². The minimum atomic E-state index is -0.141. The Morgan fingerprint density at radius 2 is 1.86 bits per heavy atom. The Hall–Kier alpha value is -2.85. The van der Waals surface area contributed by atoms with Crippen LogP contribution >= 0.6 is 11.6 Å². The highest BCUT2D eigenvalue weighted by molar-refractivity contribution is 6.33. The first-order chi connectivity index (χ1) is 13.5. The van der Waals surface area contributed by atoms with Gasteiger partial charge in [0.25, 0.3) is 5.91 Å². The Morgan fingerprint density at radius 3 is 2.57 bits per heavy atom. The van der Waals surface area contributed by atoms with Gasteiger partial charge >= 0.3 is 0 Å². The maximum atomic E-state index is 12.3. The molecular weight excluding hydrogens is 372 g/mol. The van der Waals surface area contributed by atoms with Gasteiger partial charge in [-0.1, -0.05) is 41.9 Å². The van der Waals surface area contributed by atoms with Crippen molar-refractivity contribution in [2.24, 2.45) is 0 Å². The zero-order chi connectivity index (χ0) is 19.7. The molecule has 0 saturated heterocycles. The number of halogens is 1. The number of carbonyl (C=O) groups is 1. The predicted octanol–water partition coefficient (Wildman–Crippen LogP) is 4.73. The average Bonchev–Trinajstić information content (AvgIpc) is 2.89. The molecule has 0 saturated carbocycles. The van der Waals surface area contributed by atoms with E-state index in [4.69, 9.17) is 16.3 Å². The molecule has 4 nitrogen and oxygen atoms in total. The normalized spacial score (nSPS) is 13.3. The number of nitrogens with zero attached hydrogens (tertiary/aromatic N) is 1. The maximum Gasteiger partial charge on any atom is 0.255 e. The fourth-order valence-electron chi connectivity index (χ4n) is 3.36. The van der Waals surface area contributed by atoms with Crippen molar-refractivity contribution in [3.8, 4) is 16.9 Å². The highest BCUT2D eigenvalue weighted by Crippen LogP contribution is 2.36. The van der Waals surface area contributed by atoms with E-state index >= 15 is 0 Å². The van der Waals surface area contributed by atoms with Gasteiger partial charge in [0.15, 0.2) is 5.75 Å². The predicted molar refractivity (Wildman–Crippen MR) is 111 cm³/mol. The molecule has 0 atom stereocenters. The summed E-state index contributed by atoms with van der Waals surface area (Å²) in [6.45, 7) is 4.85. The summed E-state index contributed by atoms with van der Waals surface area (Å²) in [5.41, 5.74) is 6.85. The lowest BCUT2D eigenvalue weighted by molar-refractivity contribution is 0.0957. The minimum absolute atomic E-state index is 0.141. The number of amides is 1. The molecule has 1 aliphatic rings. The van der Waals surface area contributed by atoms with Crippen LogP contribution in [0, 0.1) is 13.8 Å². The van der Waals surface area contributed by atoms with Crippen LogP contribution in [0.4, 0.5) is 0 Å². The quantitative estimate of drug-likeness (QED) is 0.700. The molecule has 0 unspecified atom stereocenters. The van der Waals surface area contributed by atoms with Gasteiger partial charge in [-0.05, 0) is 54.7 Å². The molecule has 3 aromatic rings. The molecule has 1 N–H and O–H groups in total. The van der Waals surface area contributed by atoms with Crippen molar-refractivity contribution >= 4 is 17.5 Å². The van der Waals surface area contributed by atoms with E-state index in [0.717, 1.165) is 33.5 Å². The second kappa shape index (κ2) is 7.64. The Morgan fingerprint density at radius 1 is 1.11 bits per heavy atom. The molecule has 1 aromatic heterocycles. The van der Waals surface area contributed by atoms with E-state index in [0.29, 0.717) is 35.9 Å². The molecule has 5 heteroatoms. The van der Waals surface area contributed by atoms with Gasteiger partial charge in [0, 0.05) is 17.5 Å². The summed E-state index contributed by atoms with van der Waals surface area (Å²) in [5, 5.41) is 3.36. The summed E-state index contributed by atoms with van der Waals surface area (Å²) < 4.78 is 5.69. The van der Waals surface area contributed by atoms with E-state index in [-0.39, 0.29) is 5.91 Å². The van der Waals surface area contributed by atoms with Crippen molar-refractivity contribution in [2.75, 3.05) is 13.2 Å². The highest BCUT2D eigenvalue weighted by atomic mass is 35.5. The molecule has 0 bridgehead atoms. The van der Waals surface area contributed by atoms with Crippen LogP contribution in [0.25, 0.3) is 11.1 Å². The Balaban J connectivity index is 1.63. The summed E-state index contributed by atoms with van der Waals surface area (Å²) in [7, 11) is 0. The van der Waals surface area contributed by atoms with Crippen LogP contribution in [0.15, 0.2) is 48.7 Å². The molecule has 2 heterocycles. The molecule has 2 aromatic carbocycles. The number of carbonyl (C=O) groups excluding carboxylic acids is 1. The molecule has 142 valence electrons. The molecule has 28 heavy (non-hydrogen) atoms. The third-order valence-electron chi connectivity index (χ3n) is 5.05. The average molecular weight is 393 g/mol. The van der Waals surface area contributed by atoms with Crippen LogP contribution in [0.2, 0.25) is 5.02 Å². The van der Waals surface area contributed by atoms with E-state index in [2.05, 4.69) is 40.6 Å². The topological polar surface area (TPSA) is 51.2 Å². The van der Waals surface area contributed by atoms with Crippen molar-refractivity contribution in [3.63, 3.8) is 0 Å². The number of ether oxygens (including phenoxy) is 1. The monoisotopic (exact) mass is 392 g/mol. The first-order valence-corrected chi connectivity index (χ1v) is 9.65. The van der Waals surface area contributed by atoms with Crippen molar-refractivity contribution in [1.29, 1.82) is 0 Å².